The zero-order valence-electron chi connectivity index (χ0n) is 12.6. The summed E-state index contributed by atoms with van der Waals surface area (Å²) >= 11 is 1.55. The number of hydrogen-bond donors (Lipinski definition) is 1. The van der Waals surface area contributed by atoms with Crippen LogP contribution in [0.4, 0.5) is 0 Å². The molecule has 0 bridgehead atoms. The summed E-state index contributed by atoms with van der Waals surface area (Å²) in [5.74, 6) is 1.42. The van der Waals surface area contributed by atoms with Crippen molar-refractivity contribution in [3.05, 3.63) is 77.7 Å². The molecule has 1 atom stereocenters. The van der Waals surface area contributed by atoms with Gasteiger partial charge in [0.25, 0.3) is 11.1 Å². The second-order valence-electron chi connectivity index (χ2n) is 5.07. The second-order valence-corrected chi connectivity index (χ2v) is 5.99. The van der Waals surface area contributed by atoms with Gasteiger partial charge in [0.2, 0.25) is 0 Å². The molecule has 3 aromatic rings. The molecule has 4 nitrogen and oxygen atoms in total. The molecular formula is C17H18ClN3OS. The first-order valence-corrected chi connectivity index (χ1v) is 8.17. The Balaban J connectivity index is 0.00000192. The zero-order valence-corrected chi connectivity index (χ0v) is 14.1. The molecule has 2 aromatic carbocycles. The summed E-state index contributed by atoms with van der Waals surface area (Å²) in [5.41, 5.74) is 6.59. The third-order valence-corrected chi connectivity index (χ3v) is 4.19. The van der Waals surface area contributed by atoms with Crippen LogP contribution in [0.3, 0.4) is 0 Å². The number of quaternary nitrogens is 1. The molecule has 0 fully saturated rings. The van der Waals surface area contributed by atoms with E-state index < -0.39 is 0 Å². The molecule has 0 spiro atoms. The van der Waals surface area contributed by atoms with Gasteiger partial charge in [-0.1, -0.05) is 72.4 Å². The number of thioether (sulfide) groups is 1. The lowest BCUT2D eigenvalue weighted by Crippen LogP contribution is -3.00. The number of nitrogens with zero attached hydrogens (tertiary/aromatic N) is 2. The maximum Gasteiger partial charge on any atom is 0.277 e. The van der Waals surface area contributed by atoms with Gasteiger partial charge in [-0.2, -0.15) is 0 Å². The highest BCUT2D eigenvalue weighted by Gasteiger charge is 2.18. The van der Waals surface area contributed by atoms with Crippen LogP contribution in [0.5, 0.6) is 0 Å². The molecule has 0 saturated carbocycles. The van der Waals surface area contributed by atoms with Crippen molar-refractivity contribution in [2.45, 2.75) is 23.4 Å². The Hall–Kier alpha value is -1.82. The predicted octanol–water partition coefficient (Wildman–Crippen LogP) is -0.108. The number of halogens is 1. The van der Waals surface area contributed by atoms with Crippen LogP contribution in [0.25, 0.3) is 0 Å². The molecule has 3 N–H and O–H groups in total. The lowest BCUT2D eigenvalue weighted by atomic mass is 10.1. The van der Waals surface area contributed by atoms with Gasteiger partial charge < -0.3 is 22.6 Å². The maximum absolute atomic E-state index is 5.72. The summed E-state index contributed by atoms with van der Waals surface area (Å²) in [6, 6.07) is 20.4. The summed E-state index contributed by atoms with van der Waals surface area (Å²) in [5, 5.41) is 8.82. The zero-order chi connectivity index (χ0) is 15.2. The fraction of sp³-hybridized carbons (Fsp3) is 0.176. The summed E-state index contributed by atoms with van der Waals surface area (Å²) in [6.45, 7) is 0. The minimum Gasteiger partial charge on any atom is -1.00 e. The summed E-state index contributed by atoms with van der Waals surface area (Å²) in [7, 11) is 0. The molecule has 1 aromatic heterocycles. The van der Waals surface area contributed by atoms with E-state index in [0.29, 0.717) is 11.1 Å². The van der Waals surface area contributed by atoms with E-state index in [1.165, 1.54) is 11.1 Å². The minimum absolute atomic E-state index is 0. The summed E-state index contributed by atoms with van der Waals surface area (Å²) < 4.78 is 5.72. The molecule has 1 heterocycles. The number of aromatic nitrogens is 2. The number of hydrogen-bond acceptors (Lipinski definition) is 4. The van der Waals surface area contributed by atoms with Crippen LogP contribution in [0.15, 0.2) is 70.3 Å². The highest BCUT2D eigenvalue weighted by Crippen LogP contribution is 2.23. The monoisotopic (exact) mass is 347 g/mol. The summed E-state index contributed by atoms with van der Waals surface area (Å²) in [4.78, 5) is 0. The molecule has 0 saturated heterocycles. The van der Waals surface area contributed by atoms with Crippen LogP contribution in [0, 0.1) is 0 Å². The van der Waals surface area contributed by atoms with E-state index in [-0.39, 0.29) is 18.4 Å². The second kappa shape index (κ2) is 8.72. The van der Waals surface area contributed by atoms with E-state index in [1.54, 1.807) is 11.8 Å². The van der Waals surface area contributed by atoms with Gasteiger partial charge in [-0.05, 0) is 11.1 Å². The fourth-order valence-corrected chi connectivity index (χ4v) is 2.87. The minimum atomic E-state index is -0.0269. The molecule has 0 aliphatic rings. The first kappa shape index (κ1) is 17.5. The normalized spacial score (nSPS) is 11.7. The Kier molecular flexibility index (Phi) is 6.65. The van der Waals surface area contributed by atoms with Crippen LogP contribution >= 0.6 is 11.8 Å². The van der Waals surface area contributed by atoms with Crippen LogP contribution < -0.4 is 18.1 Å². The molecular weight excluding hydrogens is 330 g/mol. The molecule has 120 valence electrons. The maximum atomic E-state index is 5.72. The number of rotatable bonds is 6. The van der Waals surface area contributed by atoms with Gasteiger partial charge in [-0.25, -0.2) is 0 Å². The van der Waals surface area contributed by atoms with Crippen molar-refractivity contribution < 1.29 is 22.6 Å². The largest absolute Gasteiger partial charge is 1.00 e. The molecule has 0 unspecified atom stereocenters. The lowest BCUT2D eigenvalue weighted by molar-refractivity contribution is -0.431. The van der Waals surface area contributed by atoms with Crippen molar-refractivity contribution >= 4 is 11.8 Å². The molecule has 6 heteroatoms. The highest BCUT2D eigenvalue weighted by atomic mass is 35.5. The van der Waals surface area contributed by atoms with E-state index in [9.17, 15) is 0 Å². The molecule has 0 radical (unpaired) electrons. The van der Waals surface area contributed by atoms with Crippen molar-refractivity contribution in [2.75, 3.05) is 0 Å². The first-order valence-electron chi connectivity index (χ1n) is 7.18. The topological polar surface area (TPSA) is 66.6 Å². The Morgan fingerprint density at radius 2 is 1.52 bits per heavy atom. The Bertz CT molecular complexity index is 706. The van der Waals surface area contributed by atoms with Gasteiger partial charge in [0.1, 0.15) is 0 Å². The predicted molar refractivity (Wildman–Crippen MR) is 86.1 cm³/mol. The van der Waals surface area contributed by atoms with Crippen molar-refractivity contribution in [3.8, 4) is 0 Å². The van der Waals surface area contributed by atoms with Crippen molar-refractivity contribution in [1.29, 1.82) is 0 Å². The first-order chi connectivity index (χ1) is 10.8. The Morgan fingerprint density at radius 1 is 0.913 bits per heavy atom. The summed E-state index contributed by atoms with van der Waals surface area (Å²) in [6.07, 6.45) is 0.797. The van der Waals surface area contributed by atoms with E-state index in [4.69, 9.17) is 4.42 Å². The molecule has 23 heavy (non-hydrogen) atoms. The van der Waals surface area contributed by atoms with Crippen LogP contribution in [-0.4, -0.2) is 10.2 Å². The van der Waals surface area contributed by atoms with E-state index >= 15 is 0 Å². The van der Waals surface area contributed by atoms with Gasteiger partial charge >= 0.3 is 0 Å². The highest BCUT2D eigenvalue weighted by molar-refractivity contribution is 7.98. The Morgan fingerprint density at radius 3 is 2.17 bits per heavy atom. The van der Waals surface area contributed by atoms with Gasteiger partial charge in [0, 0.05) is 12.2 Å². The van der Waals surface area contributed by atoms with Crippen molar-refractivity contribution in [3.63, 3.8) is 0 Å². The molecule has 3 rings (SSSR count). The van der Waals surface area contributed by atoms with E-state index in [0.717, 1.165) is 12.2 Å². The third-order valence-electron chi connectivity index (χ3n) is 3.30. The van der Waals surface area contributed by atoms with E-state index in [2.05, 4.69) is 40.2 Å². The average molecular weight is 348 g/mol. The van der Waals surface area contributed by atoms with Crippen LogP contribution in [0.2, 0.25) is 0 Å². The molecule has 0 aliphatic heterocycles. The standard InChI is InChI=1S/C17H17N3OS.ClH/c18-15(11-13-7-3-1-4-8-13)16-19-20-17(21-16)22-12-14-9-5-2-6-10-14;/h1-10,15H,11-12,18H2;1H/t15-;/m0./s1. The van der Waals surface area contributed by atoms with Gasteiger partial charge in [0.15, 0.2) is 6.04 Å². The quantitative estimate of drug-likeness (QED) is 0.632. The van der Waals surface area contributed by atoms with Crippen LogP contribution in [0.1, 0.15) is 23.1 Å². The fourth-order valence-electron chi connectivity index (χ4n) is 2.15. The lowest BCUT2D eigenvalue weighted by Gasteiger charge is -2.03. The van der Waals surface area contributed by atoms with Gasteiger partial charge in [0.05, 0.1) is 0 Å². The molecule has 0 aliphatic carbocycles. The molecule has 0 amide bonds. The average Bonchev–Trinajstić information content (AvgIpc) is 3.04. The number of benzene rings is 2. The van der Waals surface area contributed by atoms with Crippen molar-refractivity contribution in [2.24, 2.45) is 0 Å². The van der Waals surface area contributed by atoms with Gasteiger partial charge in [-0.3, -0.25) is 0 Å². The van der Waals surface area contributed by atoms with Crippen LogP contribution in [-0.2, 0) is 12.2 Å². The SMILES string of the molecule is [Cl-].[NH3+][C@@H](Cc1ccccc1)c1nnc(SCc2ccccc2)o1. The third kappa shape index (κ3) is 5.10. The van der Waals surface area contributed by atoms with Gasteiger partial charge in [-0.15, -0.1) is 10.2 Å². The Labute approximate surface area is 145 Å². The smallest absolute Gasteiger partial charge is 0.277 e. The van der Waals surface area contributed by atoms with Crippen molar-refractivity contribution in [1.82, 2.24) is 10.2 Å². The van der Waals surface area contributed by atoms with E-state index in [1.807, 2.05) is 36.4 Å².